The molecular formula is C14H18FIN2O. The summed E-state index contributed by atoms with van der Waals surface area (Å²) in [4.78, 5) is 11.9. The Kier molecular flexibility index (Phi) is 5.57. The number of piperidine rings is 1. The second-order valence-electron chi connectivity index (χ2n) is 4.92. The molecule has 104 valence electrons. The number of benzene rings is 1. The summed E-state index contributed by atoms with van der Waals surface area (Å²) in [6.45, 7) is 2.11. The van der Waals surface area contributed by atoms with Crippen LogP contribution in [0.1, 0.15) is 25.7 Å². The summed E-state index contributed by atoms with van der Waals surface area (Å²) >= 11 is 2.03. The number of carbonyl (C=O) groups excluding carboxylic acids is 1. The van der Waals surface area contributed by atoms with Crippen molar-refractivity contribution in [2.24, 2.45) is 5.92 Å². The van der Waals surface area contributed by atoms with E-state index in [-0.39, 0.29) is 11.7 Å². The Balaban J connectivity index is 1.80. The van der Waals surface area contributed by atoms with E-state index in [0.717, 1.165) is 23.1 Å². The van der Waals surface area contributed by atoms with Crippen molar-refractivity contribution in [2.75, 3.05) is 18.4 Å². The maximum Gasteiger partial charge on any atom is 0.224 e. The Morgan fingerprint density at radius 2 is 2.37 bits per heavy atom. The molecule has 2 N–H and O–H groups in total. The van der Waals surface area contributed by atoms with Crippen LogP contribution in [0.3, 0.4) is 0 Å². The van der Waals surface area contributed by atoms with Gasteiger partial charge in [-0.15, -0.1) is 0 Å². The zero-order valence-electron chi connectivity index (χ0n) is 10.7. The first-order valence-corrected chi connectivity index (χ1v) is 7.68. The highest BCUT2D eigenvalue weighted by atomic mass is 127. The molecule has 0 radical (unpaired) electrons. The van der Waals surface area contributed by atoms with Crippen LogP contribution in [0.5, 0.6) is 0 Å². The van der Waals surface area contributed by atoms with Gasteiger partial charge < -0.3 is 10.6 Å². The van der Waals surface area contributed by atoms with Crippen LogP contribution in [0, 0.1) is 15.3 Å². The third-order valence-electron chi connectivity index (χ3n) is 3.38. The monoisotopic (exact) mass is 376 g/mol. The van der Waals surface area contributed by atoms with E-state index in [2.05, 4.69) is 10.6 Å². The van der Waals surface area contributed by atoms with E-state index < -0.39 is 0 Å². The molecule has 1 aliphatic rings. The fourth-order valence-corrected chi connectivity index (χ4v) is 2.92. The van der Waals surface area contributed by atoms with Gasteiger partial charge in [0.05, 0.1) is 5.69 Å². The predicted octanol–water partition coefficient (Wildman–Crippen LogP) is 3.15. The van der Waals surface area contributed by atoms with E-state index in [1.165, 1.54) is 25.0 Å². The van der Waals surface area contributed by atoms with Crippen molar-refractivity contribution >= 4 is 34.2 Å². The SMILES string of the molecule is O=C(CCC1CCCNC1)Nc1ccc(F)cc1I. The van der Waals surface area contributed by atoms with Crippen molar-refractivity contribution in [2.45, 2.75) is 25.7 Å². The lowest BCUT2D eigenvalue weighted by Crippen LogP contribution is -2.30. The molecule has 0 aliphatic carbocycles. The minimum atomic E-state index is -0.282. The predicted molar refractivity (Wildman–Crippen MR) is 82.6 cm³/mol. The highest BCUT2D eigenvalue weighted by molar-refractivity contribution is 14.1. The second-order valence-corrected chi connectivity index (χ2v) is 6.09. The highest BCUT2D eigenvalue weighted by Gasteiger charge is 2.14. The number of anilines is 1. The fraction of sp³-hybridized carbons (Fsp3) is 0.500. The summed E-state index contributed by atoms with van der Waals surface area (Å²) < 4.78 is 13.7. The molecule has 1 aromatic rings. The lowest BCUT2D eigenvalue weighted by molar-refractivity contribution is -0.116. The minimum absolute atomic E-state index is 0.00935. The molecule has 1 saturated heterocycles. The van der Waals surface area contributed by atoms with Gasteiger partial charge in [-0.05, 0) is 79.1 Å². The van der Waals surface area contributed by atoms with Crippen LogP contribution in [0.4, 0.5) is 10.1 Å². The van der Waals surface area contributed by atoms with Gasteiger partial charge in [0.25, 0.3) is 0 Å². The summed E-state index contributed by atoms with van der Waals surface area (Å²) in [6.07, 6.45) is 3.84. The van der Waals surface area contributed by atoms with Gasteiger partial charge in [-0.2, -0.15) is 0 Å². The van der Waals surface area contributed by atoms with Crippen molar-refractivity contribution < 1.29 is 9.18 Å². The van der Waals surface area contributed by atoms with Crippen molar-refractivity contribution in [3.8, 4) is 0 Å². The Labute approximate surface area is 126 Å². The van der Waals surface area contributed by atoms with E-state index in [9.17, 15) is 9.18 Å². The van der Waals surface area contributed by atoms with Crippen LogP contribution in [0.25, 0.3) is 0 Å². The first-order chi connectivity index (χ1) is 9.15. The standard InChI is InChI=1S/C14H18FIN2O/c15-11-4-5-13(12(16)8-11)18-14(19)6-3-10-2-1-7-17-9-10/h4-5,8,10,17H,1-3,6-7,9H2,(H,18,19). The maximum absolute atomic E-state index is 13.0. The molecule has 0 bridgehead atoms. The molecule has 1 fully saturated rings. The third kappa shape index (κ3) is 4.72. The lowest BCUT2D eigenvalue weighted by Gasteiger charge is -2.22. The number of rotatable bonds is 4. The van der Waals surface area contributed by atoms with Crippen molar-refractivity contribution in [1.82, 2.24) is 5.32 Å². The molecular weight excluding hydrogens is 358 g/mol. The average Bonchev–Trinajstić information content (AvgIpc) is 2.41. The number of carbonyl (C=O) groups is 1. The average molecular weight is 376 g/mol. The molecule has 1 aliphatic heterocycles. The highest BCUT2D eigenvalue weighted by Crippen LogP contribution is 2.20. The van der Waals surface area contributed by atoms with Crippen molar-refractivity contribution in [1.29, 1.82) is 0 Å². The van der Waals surface area contributed by atoms with Crippen molar-refractivity contribution in [3.63, 3.8) is 0 Å². The number of nitrogens with one attached hydrogen (secondary N) is 2. The van der Waals surface area contributed by atoms with E-state index in [1.807, 2.05) is 22.6 Å². The largest absolute Gasteiger partial charge is 0.325 e. The molecule has 0 saturated carbocycles. The molecule has 0 spiro atoms. The van der Waals surface area contributed by atoms with Crippen LogP contribution in [0.2, 0.25) is 0 Å². The number of halogens is 2. The van der Waals surface area contributed by atoms with Gasteiger partial charge in [-0.25, -0.2) is 4.39 Å². The quantitative estimate of drug-likeness (QED) is 0.793. The van der Waals surface area contributed by atoms with Crippen LogP contribution in [-0.4, -0.2) is 19.0 Å². The van der Waals surface area contributed by atoms with Crippen LogP contribution in [-0.2, 0) is 4.79 Å². The Morgan fingerprint density at radius 3 is 3.05 bits per heavy atom. The van der Waals surface area contributed by atoms with E-state index in [0.29, 0.717) is 18.0 Å². The Bertz CT molecular complexity index is 447. The van der Waals surface area contributed by atoms with Gasteiger partial charge in [-0.3, -0.25) is 4.79 Å². The zero-order valence-corrected chi connectivity index (χ0v) is 12.9. The molecule has 1 unspecified atom stereocenters. The van der Waals surface area contributed by atoms with Gasteiger partial charge >= 0.3 is 0 Å². The smallest absolute Gasteiger partial charge is 0.224 e. The Morgan fingerprint density at radius 1 is 1.53 bits per heavy atom. The lowest BCUT2D eigenvalue weighted by atomic mass is 9.94. The summed E-state index contributed by atoms with van der Waals surface area (Å²) in [7, 11) is 0. The van der Waals surface area contributed by atoms with Gasteiger partial charge in [0.1, 0.15) is 5.82 Å². The molecule has 1 amide bonds. The number of amides is 1. The Hall–Kier alpha value is -0.690. The molecule has 19 heavy (non-hydrogen) atoms. The summed E-state index contributed by atoms with van der Waals surface area (Å²) in [5.41, 5.74) is 0.689. The van der Waals surface area contributed by atoms with Crippen LogP contribution >= 0.6 is 22.6 Å². The topological polar surface area (TPSA) is 41.1 Å². The molecule has 3 nitrogen and oxygen atoms in total. The van der Waals surface area contributed by atoms with Crippen LogP contribution < -0.4 is 10.6 Å². The normalized spacial score (nSPS) is 19.2. The summed E-state index contributed by atoms with van der Waals surface area (Å²) in [5, 5.41) is 6.19. The first-order valence-electron chi connectivity index (χ1n) is 6.61. The molecule has 0 aromatic heterocycles. The fourth-order valence-electron chi connectivity index (χ4n) is 2.31. The third-order valence-corrected chi connectivity index (χ3v) is 4.28. The van der Waals surface area contributed by atoms with E-state index in [4.69, 9.17) is 0 Å². The maximum atomic E-state index is 13.0. The molecule has 5 heteroatoms. The second kappa shape index (κ2) is 7.19. The van der Waals surface area contributed by atoms with Crippen molar-refractivity contribution in [3.05, 3.63) is 27.6 Å². The van der Waals surface area contributed by atoms with Gasteiger partial charge in [-0.1, -0.05) is 0 Å². The number of hydrogen-bond acceptors (Lipinski definition) is 2. The van der Waals surface area contributed by atoms with Gasteiger partial charge in [0, 0.05) is 9.99 Å². The van der Waals surface area contributed by atoms with Gasteiger partial charge in [0.15, 0.2) is 0 Å². The summed E-state index contributed by atoms with van der Waals surface area (Å²) in [5.74, 6) is 0.331. The van der Waals surface area contributed by atoms with Crippen LogP contribution in [0.15, 0.2) is 18.2 Å². The molecule has 1 aromatic carbocycles. The molecule has 1 atom stereocenters. The van der Waals surface area contributed by atoms with Gasteiger partial charge in [0.2, 0.25) is 5.91 Å². The minimum Gasteiger partial charge on any atom is -0.325 e. The molecule has 1 heterocycles. The molecule has 2 rings (SSSR count). The number of hydrogen-bond donors (Lipinski definition) is 2. The summed E-state index contributed by atoms with van der Waals surface area (Å²) in [6, 6.07) is 4.39. The van der Waals surface area contributed by atoms with E-state index >= 15 is 0 Å². The van der Waals surface area contributed by atoms with E-state index in [1.54, 1.807) is 6.07 Å². The first kappa shape index (κ1) is 14.7. The zero-order chi connectivity index (χ0) is 13.7.